The van der Waals surface area contributed by atoms with Crippen LogP contribution in [0.5, 0.6) is 0 Å². The molecule has 0 bridgehead atoms. The van der Waals surface area contributed by atoms with Crippen LogP contribution in [0.3, 0.4) is 0 Å². The Kier molecular flexibility index (Phi) is 7.61. The number of nitrogens with zero attached hydrogens (tertiary/aromatic N) is 5. The van der Waals surface area contributed by atoms with Crippen molar-refractivity contribution in [3.05, 3.63) is 83.4 Å². The van der Waals surface area contributed by atoms with Crippen LogP contribution in [0.1, 0.15) is 22.9 Å². The second-order valence-electron chi connectivity index (χ2n) is 10.3. The number of hydrogen-bond donors (Lipinski definition) is 2. The lowest BCUT2D eigenvalue weighted by Crippen LogP contribution is -2.40. The number of halogens is 2. The summed E-state index contributed by atoms with van der Waals surface area (Å²) in [6.45, 7) is 6.30. The molecule has 2 aliphatic rings. The molecular weight excluding hydrogens is 516 g/mol. The van der Waals surface area contributed by atoms with Crippen molar-refractivity contribution in [2.45, 2.75) is 32.2 Å². The maximum absolute atomic E-state index is 13.9. The molecule has 9 nitrogen and oxygen atoms in total. The lowest BCUT2D eigenvalue weighted by molar-refractivity contribution is 0.133. The number of rotatable bonds is 10. The summed E-state index contributed by atoms with van der Waals surface area (Å²) < 4.78 is 42.1. The fourth-order valence-electron chi connectivity index (χ4n) is 5.57. The Labute approximate surface area is 231 Å². The van der Waals surface area contributed by atoms with Crippen molar-refractivity contribution in [1.82, 2.24) is 29.5 Å². The Bertz CT molecular complexity index is 1450. The van der Waals surface area contributed by atoms with Crippen molar-refractivity contribution in [3.63, 3.8) is 0 Å². The Morgan fingerprint density at radius 3 is 2.67 bits per heavy atom. The highest BCUT2D eigenvalue weighted by Gasteiger charge is 2.34. The highest BCUT2D eigenvalue weighted by atomic mass is 19.2. The number of para-hydroxylation sites is 1. The van der Waals surface area contributed by atoms with E-state index in [2.05, 4.69) is 26.6 Å². The van der Waals surface area contributed by atoms with Crippen LogP contribution in [0.25, 0.3) is 16.9 Å². The van der Waals surface area contributed by atoms with Crippen LogP contribution in [-0.4, -0.2) is 70.3 Å². The molecule has 2 aliphatic heterocycles. The van der Waals surface area contributed by atoms with Crippen LogP contribution in [0, 0.1) is 18.6 Å². The zero-order valence-electron chi connectivity index (χ0n) is 22.6. The average molecular weight is 550 g/mol. The summed E-state index contributed by atoms with van der Waals surface area (Å²) in [5.41, 5.74) is 5.76. The van der Waals surface area contributed by atoms with Crippen molar-refractivity contribution >= 4 is 5.82 Å². The lowest BCUT2D eigenvalue weighted by atomic mass is 10.1. The fraction of sp³-hybridized carbons (Fsp3) is 0.379. The molecule has 6 rings (SSSR count). The second kappa shape index (κ2) is 11.5. The number of nitrogens with one attached hydrogen (secondary N) is 2. The minimum Gasteiger partial charge on any atom is -0.383 e. The number of aromatic nitrogens is 4. The van der Waals surface area contributed by atoms with E-state index in [9.17, 15) is 8.78 Å². The van der Waals surface area contributed by atoms with Gasteiger partial charge in [0, 0.05) is 68.1 Å². The molecule has 0 spiro atoms. The van der Waals surface area contributed by atoms with Crippen LogP contribution in [0.2, 0.25) is 0 Å². The standard InChI is InChI=1S/C29H33F2N7O2/c1-19-28(20-10-21-16-40-17-26(21)32-11-20)35-38(22-6-4-3-5-7-22)29(19)34-18-33-25-14-36(8-9-39-2)15-27(25)37-12-23(30)24(31)13-37/h3-7,10-13,25,27,33-34H,8-9,14-18H2,1-2H3/t25-,27-/m1/s1. The molecule has 0 unspecified atom stereocenters. The van der Waals surface area contributed by atoms with Gasteiger partial charge in [0.25, 0.3) is 0 Å². The molecule has 1 fully saturated rings. The van der Waals surface area contributed by atoms with Crippen LogP contribution in [0.15, 0.2) is 55.0 Å². The molecule has 2 N–H and O–H groups in total. The van der Waals surface area contributed by atoms with Gasteiger partial charge in [0.05, 0.1) is 49.6 Å². The molecule has 4 aromatic rings. The highest BCUT2D eigenvalue weighted by Crippen LogP contribution is 2.32. The SMILES string of the molecule is COCCN1C[C@@H](n2cc(F)c(F)c2)[C@H](NCNc2c(C)c(-c3cnc4c(c3)COC4)nn2-c2ccccc2)C1. The van der Waals surface area contributed by atoms with Gasteiger partial charge in [-0.25, -0.2) is 13.5 Å². The molecule has 2 atom stereocenters. The van der Waals surface area contributed by atoms with Gasteiger partial charge in [0.15, 0.2) is 11.6 Å². The van der Waals surface area contributed by atoms with Crippen molar-refractivity contribution in [1.29, 1.82) is 0 Å². The van der Waals surface area contributed by atoms with Crippen LogP contribution in [0.4, 0.5) is 14.6 Å². The van der Waals surface area contributed by atoms with Crippen LogP contribution >= 0.6 is 0 Å². The maximum atomic E-state index is 13.9. The molecule has 0 saturated carbocycles. The van der Waals surface area contributed by atoms with E-state index in [1.165, 1.54) is 12.4 Å². The second-order valence-corrected chi connectivity index (χ2v) is 10.3. The Morgan fingerprint density at radius 1 is 1.10 bits per heavy atom. The van der Waals surface area contributed by atoms with E-state index in [1.54, 1.807) is 11.7 Å². The summed E-state index contributed by atoms with van der Waals surface area (Å²) in [5, 5.41) is 12.1. The van der Waals surface area contributed by atoms with Crippen molar-refractivity contribution in [2.24, 2.45) is 0 Å². The fourth-order valence-corrected chi connectivity index (χ4v) is 5.57. The number of likely N-dealkylation sites (tertiary alicyclic amines) is 1. The Morgan fingerprint density at radius 2 is 1.90 bits per heavy atom. The Hall–Kier alpha value is -3.64. The average Bonchev–Trinajstić information content (AvgIpc) is 3.74. The minimum atomic E-state index is -0.838. The van der Waals surface area contributed by atoms with Gasteiger partial charge >= 0.3 is 0 Å². The molecule has 5 heterocycles. The molecular formula is C29H33F2N7O2. The molecule has 40 heavy (non-hydrogen) atoms. The summed E-state index contributed by atoms with van der Waals surface area (Å²) in [5.74, 6) is -0.821. The number of pyridine rings is 1. The first-order chi connectivity index (χ1) is 19.5. The predicted octanol–water partition coefficient (Wildman–Crippen LogP) is 3.88. The Balaban J connectivity index is 1.24. The predicted molar refractivity (Wildman–Crippen MR) is 147 cm³/mol. The number of methoxy groups -OCH3 is 1. The summed E-state index contributed by atoms with van der Waals surface area (Å²) >= 11 is 0. The van der Waals surface area contributed by atoms with Crippen LogP contribution in [-0.2, 0) is 22.7 Å². The zero-order chi connectivity index (χ0) is 27.6. The first-order valence-electron chi connectivity index (χ1n) is 13.4. The highest BCUT2D eigenvalue weighted by molar-refractivity contribution is 5.70. The van der Waals surface area contributed by atoms with Crippen molar-refractivity contribution < 1.29 is 18.3 Å². The van der Waals surface area contributed by atoms with E-state index in [1.807, 2.05) is 48.1 Å². The molecule has 1 saturated heterocycles. The number of benzene rings is 1. The van der Waals surface area contributed by atoms with Gasteiger partial charge in [0.1, 0.15) is 5.82 Å². The maximum Gasteiger partial charge on any atom is 0.176 e. The minimum absolute atomic E-state index is 0.0376. The number of hydrogen-bond acceptors (Lipinski definition) is 7. The first kappa shape index (κ1) is 26.6. The van der Waals surface area contributed by atoms with Gasteiger partial charge in [-0.2, -0.15) is 5.10 Å². The monoisotopic (exact) mass is 549 g/mol. The molecule has 1 aromatic carbocycles. The van der Waals surface area contributed by atoms with E-state index >= 15 is 0 Å². The topological polar surface area (TPSA) is 81.4 Å². The number of anilines is 1. The number of fused-ring (bicyclic) bond motifs is 1. The van der Waals surface area contributed by atoms with E-state index in [0.717, 1.165) is 52.7 Å². The molecule has 0 amide bonds. The van der Waals surface area contributed by atoms with Gasteiger partial charge in [-0.05, 0) is 25.1 Å². The first-order valence-corrected chi connectivity index (χ1v) is 13.4. The molecule has 0 radical (unpaired) electrons. The lowest BCUT2D eigenvalue weighted by Gasteiger charge is -2.22. The van der Waals surface area contributed by atoms with Gasteiger partial charge in [-0.3, -0.25) is 15.2 Å². The van der Waals surface area contributed by atoms with Crippen molar-refractivity contribution in [2.75, 3.05) is 45.3 Å². The van der Waals surface area contributed by atoms with E-state index < -0.39 is 11.6 Å². The van der Waals surface area contributed by atoms with E-state index in [4.69, 9.17) is 14.6 Å². The molecule has 11 heteroatoms. The quantitative estimate of drug-likeness (QED) is 0.291. The summed E-state index contributed by atoms with van der Waals surface area (Å²) in [6.07, 6.45) is 4.32. The third-order valence-corrected chi connectivity index (χ3v) is 7.68. The summed E-state index contributed by atoms with van der Waals surface area (Å²) in [6, 6.07) is 11.9. The third-order valence-electron chi connectivity index (χ3n) is 7.68. The van der Waals surface area contributed by atoms with E-state index in [-0.39, 0.29) is 12.1 Å². The molecule has 210 valence electrons. The largest absolute Gasteiger partial charge is 0.383 e. The van der Waals surface area contributed by atoms with E-state index in [0.29, 0.717) is 33.0 Å². The summed E-state index contributed by atoms with van der Waals surface area (Å²) in [4.78, 5) is 6.84. The van der Waals surface area contributed by atoms with Gasteiger partial charge in [0.2, 0.25) is 0 Å². The molecule has 0 aliphatic carbocycles. The number of ether oxygens (including phenoxy) is 2. The summed E-state index contributed by atoms with van der Waals surface area (Å²) in [7, 11) is 1.67. The molecule has 3 aromatic heterocycles. The third kappa shape index (κ3) is 5.25. The van der Waals surface area contributed by atoms with Gasteiger partial charge in [-0.1, -0.05) is 18.2 Å². The normalized spacial score (nSPS) is 18.9. The smallest absolute Gasteiger partial charge is 0.176 e. The zero-order valence-corrected chi connectivity index (χ0v) is 22.6. The van der Waals surface area contributed by atoms with Crippen molar-refractivity contribution in [3.8, 4) is 16.9 Å². The van der Waals surface area contributed by atoms with Crippen LogP contribution < -0.4 is 10.6 Å². The van der Waals surface area contributed by atoms with Gasteiger partial charge in [-0.15, -0.1) is 0 Å². The van der Waals surface area contributed by atoms with Gasteiger partial charge < -0.3 is 19.4 Å².